The molecule has 0 saturated carbocycles. The number of aromatic amines is 2. The largest absolute Gasteiger partial charge is 0.478 e. The Labute approximate surface area is 142 Å². The predicted molar refractivity (Wildman–Crippen MR) is 88.6 cm³/mol. The third kappa shape index (κ3) is 2.89. The molecule has 0 spiro atoms. The average Bonchev–Trinajstić information content (AvgIpc) is 3.22. The van der Waals surface area contributed by atoms with Crippen molar-refractivity contribution in [2.75, 3.05) is 6.54 Å². The number of nitrogens with zero attached hydrogens (tertiary/aromatic N) is 3. The number of carbonyl (C=O) groups is 1. The highest BCUT2D eigenvalue weighted by molar-refractivity contribution is 5.88. The van der Waals surface area contributed by atoms with Gasteiger partial charge in [-0.25, -0.2) is 14.2 Å². The maximum atomic E-state index is 13.8. The van der Waals surface area contributed by atoms with Crippen LogP contribution in [-0.2, 0) is 6.54 Å². The molecule has 0 radical (unpaired) electrons. The van der Waals surface area contributed by atoms with Crippen LogP contribution in [-0.4, -0.2) is 42.7 Å². The molecule has 0 amide bonds. The molecule has 1 aromatic carbocycles. The Hall–Kier alpha value is -2.74. The maximum Gasteiger partial charge on any atom is 0.339 e. The first-order valence-electron chi connectivity index (χ1n) is 8.27. The first-order chi connectivity index (χ1) is 12.1. The Morgan fingerprint density at radius 3 is 3.08 bits per heavy atom. The Morgan fingerprint density at radius 1 is 1.40 bits per heavy atom. The second-order valence-corrected chi connectivity index (χ2v) is 6.30. The van der Waals surface area contributed by atoms with Crippen LogP contribution in [0.4, 0.5) is 4.39 Å². The van der Waals surface area contributed by atoms with Crippen molar-refractivity contribution in [3.05, 3.63) is 47.3 Å². The normalized spacial score (nSPS) is 18.7. The zero-order chi connectivity index (χ0) is 17.4. The van der Waals surface area contributed by atoms with Gasteiger partial charge in [-0.15, -0.1) is 0 Å². The Bertz CT molecular complexity index is 919. The molecule has 4 rings (SSSR count). The number of rotatable bonds is 4. The molecule has 1 saturated heterocycles. The number of carboxylic acid groups (broad SMARTS) is 1. The van der Waals surface area contributed by atoms with Gasteiger partial charge in [-0.3, -0.25) is 10.00 Å². The number of H-pyrrole nitrogens is 2. The van der Waals surface area contributed by atoms with E-state index in [2.05, 4.69) is 25.1 Å². The number of hydrogen-bond donors (Lipinski definition) is 3. The van der Waals surface area contributed by atoms with Crippen molar-refractivity contribution in [1.82, 2.24) is 25.1 Å². The molecule has 1 unspecified atom stereocenters. The van der Waals surface area contributed by atoms with E-state index in [-0.39, 0.29) is 17.4 Å². The molecule has 25 heavy (non-hydrogen) atoms. The van der Waals surface area contributed by atoms with E-state index in [9.17, 15) is 14.3 Å². The van der Waals surface area contributed by atoms with Crippen LogP contribution < -0.4 is 0 Å². The summed E-state index contributed by atoms with van der Waals surface area (Å²) in [6, 6.07) is 4.76. The summed E-state index contributed by atoms with van der Waals surface area (Å²) in [5.41, 5.74) is 1.82. The van der Waals surface area contributed by atoms with Crippen LogP contribution in [0.2, 0.25) is 0 Å². The molecule has 0 aliphatic carbocycles. The van der Waals surface area contributed by atoms with Crippen LogP contribution in [0.5, 0.6) is 0 Å². The summed E-state index contributed by atoms with van der Waals surface area (Å²) in [6.07, 6.45) is 4.24. The van der Waals surface area contributed by atoms with Crippen LogP contribution in [0.25, 0.3) is 11.0 Å². The topological polar surface area (TPSA) is 97.9 Å². The van der Waals surface area contributed by atoms with Gasteiger partial charge in [-0.2, -0.15) is 5.10 Å². The van der Waals surface area contributed by atoms with Crippen LogP contribution in [0.3, 0.4) is 0 Å². The first kappa shape index (κ1) is 15.8. The molecule has 8 heteroatoms. The molecule has 0 bridgehead atoms. The number of halogens is 1. The molecule has 1 aliphatic rings. The van der Waals surface area contributed by atoms with Crippen molar-refractivity contribution in [2.45, 2.75) is 31.8 Å². The van der Waals surface area contributed by atoms with E-state index in [0.717, 1.165) is 25.8 Å². The molecule has 3 aromatic rings. The van der Waals surface area contributed by atoms with Crippen molar-refractivity contribution in [1.29, 1.82) is 0 Å². The van der Waals surface area contributed by atoms with Crippen molar-refractivity contribution in [2.24, 2.45) is 0 Å². The van der Waals surface area contributed by atoms with E-state index in [4.69, 9.17) is 0 Å². The molecule has 1 aliphatic heterocycles. The highest BCUT2D eigenvalue weighted by atomic mass is 19.1. The second-order valence-electron chi connectivity index (χ2n) is 6.30. The van der Waals surface area contributed by atoms with Crippen LogP contribution >= 0.6 is 0 Å². The molecule has 1 fully saturated rings. The summed E-state index contributed by atoms with van der Waals surface area (Å²) in [5, 5.41) is 16.1. The van der Waals surface area contributed by atoms with E-state index < -0.39 is 5.97 Å². The minimum absolute atomic E-state index is 0.0691. The van der Waals surface area contributed by atoms with Crippen LogP contribution in [0, 0.1) is 5.82 Å². The minimum Gasteiger partial charge on any atom is -0.478 e. The van der Waals surface area contributed by atoms with Crippen LogP contribution in [0.1, 0.15) is 47.2 Å². The van der Waals surface area contributed by atoms with E-state index >= 15 is 0 Å². The molecule has 3 heterocycles. The molecule has 7 nitrogen and oxygen atoms in total. The number of piperidine rings is 1. The number of para-hydroxylation sites is 1. The number of benzene rings is 1. The van der Waals surface area contributed by atoms with Gasteiger partial charge in [-0.05, 0) is 31.5 Å². The lowest BCUT2D eigenvalue weighted by Crippen LogP contribution is -2.34. The van der Waals surface area contributed by atoms with Gasteiger partial charge in [0.1, 0.15) is 16.9 Å². The third-order valence-electron chi connectivity index (χ3n) is 4.71. The molecular weight excluding hydrogens is 325 g/mol. The number of hydrogen-bond acceptors (Lipinski definition) is 4. The van der Waals surface area contributed by atoms with Crippen molar-refractivity contribution in [3.63, 3.8) is 0 Å². The average molecular weight is 343 g/mol. The maximum absolute atomic E-state index is 13.8. The fourth-order valence-corrected chi connectivity index (χ4v) is 3.54. The Balaban J connectivity index is 1.63. The predicted octanol–water partition coefficient (Wildman–Crippen LogP) is 2.85. The Morgan fingerprint density at radius 2 is 2.28 bits per heavy atom. The van der Waals surface area contributed by atoms with Crippen molar-refractivity contribution < 1.29 is 14.3 Å². The summed E-state index contributed by atoms with van der Waals surface area (Å²) in [5.74, 6) is -0.666. The van der Waals surface area contributed by atoms with Gasteiger partial charge in [0.15, 0.2) is 5.82 Å². The van der Waals surface area contributed by atoms with E-state index in [0.29, 0.717) is 29.1 Å². The summed E-state index contributed by atoms with van der Waals surface area (Å²) in [7, 11) is 0. The number of fused-ring (bicyclic) bond motifs is 1. The monoisotopic (exact) mass is 343 g/mol. The second kappa shape index (κ2) is 6.29. The Kier molecular flexibility index (Phi) is 3.96. The molecular formula is C17H18FN5O2. The summed E-state index contributed by atoms with van der Waals surface area (Å²) >= 11 is 0. The van der Waals surface area contributed by atoms with Gasteiger partial charge < -0.3 is 10.1 Å². The molecule has 1 atom stereocenters. The zero-order valence-electron chi connectivity index (χ0n) is 13.5. The van der Waals surface area contributed by atoms with E-state index in [1.54, 1.807) is 12.1 Å². The number of nitrogens with one attached hydrogen (secondary N) is 2. The van der Waals surface area contributed by atoms with E-state index in [1.807, 2.05) is 0 Å². The number of carboxylic acids is 1. The SMILES string of the molecule is O=C(O)c1cn[nH]c1C1CCCCN1Cc1nc2c(F)cccc2[nH]1. The highest BCUT2D eigenvalue weighted by Crippen LogP contribution is 2.32. The smallest absolute Gasteiger partial charge is 0.339 e. The van der Waals surface area contributed by atoms with Crippen molar-refractivity contribution in [3.8, 4) is 0 Å². The summed E-state index contributed by atoms with van der Waals surface area (Å²) in [6.45, 7) is 1.32. The third-order valence-corrected chi connectivity index (χ3v) is 4.71. The lowest BCUT2D eigenvalue weighted by molar-refractivity contribution is 0.0688. The lowest BCUT2D eigenvalue weighted by Gasteiger charge is -2.34. The van der Waals surface area contributed by atoms with Gasteiger partial charge in [0, 0.05) is 0 Å². The lowest BCUT2D eigenvalue weighted by atomic mass is 9.97. The minimum atomic E-state index is -0.986. The number of imidazole rings is 1. The number of aromatic nitrogens is 4. The van der Waals surface area contributed by atoms with Gasteiger partial charge in [0.05, 0.1) is 30.0 Å². The molecule has 3 N–H and O–H groups in total. The summed E-state index contributed by atoms with van der Waals surface area (Å²) in [4.78, 5) is 21.1. The zero-order valence-corrected chi connectivity index (χ0v) is 13.5. The number of aromatic carboxylic acids is 1. The highest BCUT2D eigenvalue weighted by Gasteiger charge is 2.29. The van der Waals surface area contributed by atoms with Crippen molar-refractivity contribution >= 4 is 17.0 Å². The van der Waals surface area contributed by atoms with Gasteiger partial charge in [-0.1, -0.05) is 12.5 Å². The standard InChI is InChI=1S/C17H18FN5O2/c18-11-4-3-5-12-16(11)21-14(20-12)9-23-7-2-1-6-13(23)15-10(17(24)25)8-19-22-15/h3-5,8,13H,1-2,6-7,9H2,(H,19,22)(H,20,21)(H,24,25). The summed E-state index contributed by atoms with van der Waals surface area (Å²) < 4.78 is 13.8. The number of likely N-dealkylation sites (tertiary alicyclic amines) is 1. The van der Waals surface area contributed by atoms with E-state index in [1.165, 1.54) is 12.3 Å². The quantitative estimate of drug-likeness (QED) is 0.677. The van der Waals surface area contributed by atoms with Crippen LogP contribution in [0.15, 0.2) is 24.4 Å². The van der Waals surface area contributed by atoms with Gasteiger partial charge >= 0.3 is 5.97 Å². The fraction of sp³-hybridized carbons (Fsp3) is 0.353. The fourth-order valence-electron chi connectivity index (χ4n) is 3.54. The van der Waals surface area contributed by atoms with Gasteiger partial charge in [0.25, 0.3) is 0 Å². The molecule has 2 aromatic heterocycles. The molecule has 130 valence electrons. The first-order valence-corrected chi connectivity index (χ1v) is 8.27. The van der Waals surface area contributed by atoms with Gasteiger partial charge in [0.2, 0.25) is 0 Å².